The normalized spacial score (nSPS) is 15.4. The Morgan fingerprint density at radius 3 is 2.52 bits per heavy atom. The highest BCUT2D eigenvalue weighted by molar-refractivity contribution is 5.91. The monoisotopic (exact) mass is 314 g/mol. The lowest BCUT2D eigenvalue weighted by molar-refractivity contribution is -0.126. The van der Waals surface area contributed by atoms with Crippen molar-refractivity contribution in [2.75, 3.05) is 31.1 Å². The molecule has 1 fully saturated rings. The number of benzene rings is 1. The third-order valence-corrected chi connectivity index (χ3v) is 3.94. The first-order valence-corrected chi connectivity index (χ1v) is 7.66. The van der Waals surface area contributed by atoms with E-state index in [9.17, 15) is 9.18 Å². The number of hydrogen-bond donors (Lipinski definition) is 0. The van der Waals surface area contributed by atoms with Crippen molar-refractivity contribution in [3.05, 3.63) is 59.8 Å². The second-order valence-corrected chi connectivity index (χ2v) is 5.55. The van der Waals surface area contributed by atoms with Crippen LogP contribution in [0.5, 0.6) is 0 Å². The van der Waals surface area contributed by atoms with Crippen molar-refractivity contribution >= 4 is 17.7 Å². The standard InChI is InChI=1S/C18H19FN2O2/c1-14-6-7-15(23-14)8-9-18(22)21-12-10-20(11-13-21)17-5-3-2-4-16(17)19/h2-9H,10-13H2,1H3. The summed E-state index contributed by atoms with van der Waals surface area (Å²) in [5.41, 5.74) is 0.598. The topological polar surface area (TPSA) is 36.7 Å². The molecule has 120 valence electrons. The number of halogens is 1. The highest BCUT2D eigenvalue weighted by Gasteiger charge is 2.21. The van der Waals surface area contributed by atoms with Gasteiger partial charge in [-0.25, -0.2) is 4.39 Å². The summed E-state index contributed by atoms with van der Waals surface area (Å²) in [7, 11) is 0. The molecule has 0 spiro atoms. The van der Waals surface area contributed by atoms with Crippen molar-refractivity contribution in [3.8, 4) is 0 Å². The van der Waals surface area contributed by atoms with Gasteiger partial charge in [0.2, 0.25) is 5.91 Å². The molecular formula is C18H19FN2O2. The van der Waals surface area contributed by atoms with E-state index in [4.69, 9.17) is 4.42 Å². The number of piperazine rings is 1. The molecule has 2 aromatic rings. The Balaban J connectivity index is 1.57. The average Bonchev–Trinajstić information content (AvgIpc) is 2.99. The Morgan fingerprint density at radius 2 is 1.87 bits per heavy atom. The van der Waals surface area contributed by atoms with E-state index in [1.165, 1.54) is 12.1 Å². The Hall–Kier alpha value is -2.56. The summed E-state index contributed by atoms with van der Waals surface area (Å²) in [4.78, 5) is 15.9. The Labute approximate surface area is 134 Å². The van der Waals surface area contributed by atoms with E-state index >= 15 is 0 Å². The lowest BCUT2D eigenvalue weighted by Gasteiger charge is -2.35. The van der Waals surface area contributed by atoms with Crippen molar-refractivity contribution < 1.29 is 13.6 Å². The first kappa shape index (κ1) is 15.3. The molecule has 1 aliphatic rings. The number of nitrogens with zero attached hydrogens (tertiary/aromatic N) is 2. The van der Waals surface area contributed by atoms with Crippen LogP contribution in [0.4, 0.5) is 10.1 Å². The molecule has 0 atom stereocenters. The molecule has 0 bridgehead atoms. The van der Waals surface area contributed by atoms with Crippen molar-refractivity contribution in [2.24, 2.45) is 0 Å². The fraction of sp³-hybridized carbons (Fsp3) is 0.278. The van der Waals surface area contributed by atoms with E-state index < -0.39 is 0 Å². The molecule has 0 N–H and O–H groups in total. The molecule has 1 aromatic carbocycles. The minimum absolute atomic E-state index is 0.0489. The highest BCUT2D eigenvalue weighted by Crippen LogP contribution is 2.20. The number of carbonyl (C=O) groups excluding carboxylic acids is 1. The molecule has 2 heterocycles. The SMILES string of the molecule is Cc1ccc(C=CC(=O)N2CCN(c3ccccc3F)CC2)o1. The van der Waals surface area contributed by atoms with Crippen LogP contribution in [0.1, 0.15) is 11.5 Å². The number of carbonyl (C=O) groups is 1. The van der Waals surface area contributed by atoms with E-state index in [1.807, 2.05) is 30.0 Å². The van der Waals surface area contributed by atoms with Crippen LogP contribution in [0, 0.1) is 12.7 Å². The van der Waals surface area contributed by atoms with Gasteiger partial charge in [-0.2, -0.15) is 0 Å². The second kappa shape index (κ2) is 6.69. The smallest absolute Gasteiger partial charge is 0.246 e. The Morgan fingerprint density at radius 1 is 1.13 bits per heavy atom. The van der Waals surface area contributed by atoms with E-state index in [1.54, 1.807) is 23.1 Å². The van der Waals surface area contributed by atoms with Crippen LogP contribution >= 0.6 is 0 Å². The zero-order valence-corrected chi connectivity index (χ0v) is 13.0. The van der Waals surface area contributed by atoms with Gasteiger partial charge in [0.25, 0.3) is 0 Å². The summed E-state index contributed by atoms with van der Waals surface area (Å²) in [6.07, 6.45) is 3.20. The molecule has 1 aliphatic heterocycles. The predicted octanol–water partition coefficient (Wildman–Crippen LogP) is 3.09. The van der Waals surface area contributed by atoms with Crippen molar-refractivity contribution in [3.63, 3.8) is 0 Å². The largest absolute Gasteiger partial charge is 0.462 e. The van der Waals surface area contributed by atoms with Crippen molar-refractivity contribution in [2.45, 2.75) is 6.92 Å². The van der Waals surface area contributed by atoms with Gasteiger partial charge in [0.05, 0.1) is 5.69 Å². The first-order valence-electron chi connectivity index (χ1n) is 7.66. The van der Waals surface area contributed by atoms with Gasteiger partial charge in [0, 0.05) is 32.3 Å². The minimum Gasteiger partial charge on any atom is -0.462 e. The molecule has 4 nitrogen and oxygen atoms in total. The van der Waals surface area contributed by atoms with Crippen LogP contribution in [0.2, 0.25) is 0 Å². The third kappa shape index (κ3) is 3.62. The number of para-hydroxylation sites is 1. The van der Waals surface area contributed by atoms with E-state index in [0.29, 0.717) is 37.6 Å². The fourth-order valence-electron chi connectivity index (χ4n) is 2.68. The van der Waals surface area contributed by atoms with Gasteiger partial charge < -0.3 is 14.2 Å². The summed E-state index contributed by atoms with van der Waals surface area (Å²) >= 11 is 0. The number of anilines is 1. The number of aryl methyl sites for hydroxylation is 1. The summed E-state index contributed by atoms with van der Waals surface area (Å²) in [6, 6.07) is 10.4. The van der Waals surface area contributed by atoms with Gasteiger partial charge in [-0.05, 0) is 37.3 Å². The predicted molar refractivity (Wildman–Crippen MR) is 87.7 cm³/mol. The van der Waals surface area contributed by atoms with Crippen molar-refractivity contribution in [1.82, 2.24) is 4.90 Å². The van der Waals surface area contributed by atoms with Crippen LogP contribution in [0.3, 0.4) is 0 Å². The highest BCUT2D eigenvalue weighted by atomic mass is 19.1. The van der Waals surface area contributed by atoms with Crippen LogP contribution in [0.25, 0.3) is 6.08 Å². The number of hydrogen-bond acceptors (Lipinski definition) is 3. The number of rotatable bonds is 3. The van der Waals surface area contributed by atoms with Gasteiger partial charge in [-0.3, -0.25) is 4.79 Å². The number of amides is 1. The lowest BCUT2D eigenvalue weighted by atomic mass is 10.2. The van der Waals surface area contributed by atoms with E-state index in [-0.39, 0.29) is 11.7 Å². The fourth-order valence-corrected chi connectivity index (χ4v) is 2.68. The maximum absolute atomic E-state index is 13.8. The van der Waals surface area contributed by atoms with E-state index in [2.05, 4.69) is 0 Å². The average molecular weight is 314 g/mol. The van der Waals surface area contributed by atoms with Crippen LogP contribution in [-0.4, -0.2) is 37.0 Å². The van der Waals surface area contributed by atoms with Crippen molar-refractivity contribution in [1.29, 1.82) is 0 Å². The van der Waals surface area contributed by atoms with Crippen LogP contribution < -0.4 is 4.90 Å². The molecule has 0 unspecified atom stereocenters. The summed E-state index contributed by atoms with van der Waals surface area (Å²) in [5.74, 6) is 1.21. The van der Waals surface area contributed by atoms with Gasteiger partial charge in [0.15, 0.2) is 0 Å². The lowest BCUT2D eigenvalue weighted by Crippen LogP contribution is -2.48. The van der Waals surface area contributed by atoms with E-state index in [0.717, 1.165) is 5.76 Å². The molecule has 23 heavy (non-hydrogen) atoms. The molecule has 5 heteroatoms. The molecule has 1 aromatic heterocycles. The molecule has 1 saturated heterocycles. The molecule has 0 aliphatic carbocycles. The third-order valence-electron chi connectivity index (χ3n) is 3.94. The summed E-state index contributed by atoms with van der Waals surface area (Å²) < 4.78 is 19.2. The molecule has 0 radical (unpaired) electrons. The Bertz CT molecular complexity index is 715. The molecular weight excluding hydrogens is 295 g/mol. The quantitative estimate of drug-likeness (QED) is 0.817. The molecule has 1 amide bonds. The van der Waals surface area contributed by atoms with Gasteiger partial charge in [-0.15, -0.1) is 0 Å². The maximum atomic E-state index is 13.8. The summed E-state index contributed by atoms with van der Waals surface area (Å²) in [6.45, 7) is 4.27. The second-order valence-electron chi connectivity index (χ2n) is 5.55. The number of furan rings is 1. The first-order chi connectivity index (χ1) is 11.1. The molecule has 0 saturated carbocycles. The van der Waals surface area contributed by atoms with Gasteiger partial charge in [-0.1, -0.05) is 12.1 Å². The van der Waals surface area contributed by atoms with Crippen LogP contribution in [-0.2, 0) is 4.79 Å². The Kier molecular flexibility index (Phi) is 4.46. The van der Waals surface area contributed by atoms with Gasteiger partial charge >= 0.3 is 0 Å². The zero-order valence-electron chi connectivity index (χ0n) is 13.0. The minimum atomic E-state index is -0.222. The maximum Gasteiger partial charge on any atom is 0.246 e. The zero-order chi connectivity index (χ0) is 16.2. The van der Waals surface area contributed by atoms with Gasteiger partial charge in [0.1, 0.15) is 17.3 Å². The van der Waals surface area contributed by atoms with Crippen LogP contribution in [0.15, 0.2) is 46.9 Å². The molecule has 3 rings (SSSR count). The summed E-state index contributed by atoms with van der Waals surface area (Å²) in [5, 5.41) is 0.